The lowest BCUT2D eigenvalue weighted by Gasteiger charge is -2.31. The third kappa shape index (κ3) is 5.12. The molecule has 0 spiro atoms. The number of rotatable bonds is 6. The topological polar surface area (TPSA) is 0 Å². The van der Waals surface area contributed by atoms with Gasteiger partial charge >= 0.3 is 0 Å². The Morgan fingerprint density at radius 3 is 2.38 bits per heavy atom. The van der Waals surface area contributed by atoms with E-state index in [4.69, 9.17) is 0 Å². The summed E-state index contributed by atoms with van der Waals surface area (Å²) in [5, 5.41) is 0. The molecular weight excluding hydrogens is 288 g/mol. The van der Waals surface area contributed by atoms with Crippen molar-refractivity contribution in [3.05, 3.63) is 12.2 Å². The first kappa shape index (κ1) is 18.5. The first-order valence-electron chi connectivity index (χ1n) is 11.3. The summed E-state index contributed by atoms with van der Waals surface area (Å²) in [6.45, 7) is 7.51. The molecule has 24 heavy (non-hydrogen) atoms. The molecule has 0 nitrogen and oxygen atoms in total. The lowest BCUT2D eigenvalue weighted by atomic mass is 9.75. The second kappa shape index (κ2) is 8.91. The van der Waals surface area contributed by atoms with Gasteiger partial charge in [0.2, 0.25) is 0 Å². The van der Waals surface area contributed by atoms with Crippen LogP contribution in [0.1, 0.15) is 97.8 Å². The Morgan fingerprint density at radius 2 is 1.67 bits per heavy atom. The molecule has 0 amide bonds. The Bertz CT molecular complexity index is 387. The molecule has 3 rings (SSSR count). The first-order valence-corrected chi connectivity index (χ1v) is 11.3. The summed E-state index contributed by atoms with van der Waals surface area (Å²) in [5.74, 6) is 6.95. The van der Waals surface area contributed by atoms with Crippen LogP contribution in [0, 0.1) is 41.4 Å². The molecule has 0 heteroatoms. The van der Waals surface area contributed by atoms with E-state index in [0.717, 1.165) is 41.4 Å². The van der Waals surface area contributed by atoms with E-state index in [1.807, 2.05) is 0 Å². The average Bonchev–Trinajstić information content (AvgIpc) is 3.04. The molecule has 0 aromatic carbocycles. The minimum Gasteiger partial charge on any atom is -0.0882 e. The van der Waals surface area contributed by atoms with Crippen molar-refractivity contribution in [1.82, 2.24) is 0 Å². The van der Waals surface area contributed by atoms with E-state index >= 15 is 0 Å². The third-order valence-corrected chi connectivity index (χ3v) is 7.84. The minimum atomic E-state index is 0.877. The zero-order valence-corrected chi connectivity index (χ0v) is 16.7. The second-order valence-electron chi connectivity index (χ2n) is 10.0. The van der Waals surface area contributed by atoms with Crippen LogP contribution in [0.3, 0.4) is 0 Å². The molecule has 0 radical (unpaired) electrons. The van der Waals surface area contributed by atoms with Gasteiger partial charge in [0.15, 0.2) is 0 Å². The minimum absolute atomic E-state index is 0.877. The molecule has 3 aliphatic rings. The molecule has 0 heterocycles. The lowest BCUT2D eigenvalue weighted by molar-refractivity contribution is 0.206. The van der Waals surface area contributed by atoms with Gasteiger partial charge in [0.1, 0.15) is 0 Å². The van der Waals surface area contributed by atoms with Crippen LogP contribution in [-0.4, -0.2) is 0 Å². The molecule has 138 valence electrons. The van der Waals surface area contributed by atoms with Crippen molar-refractivity contribution in [3.63, 3.8) is 0 Å². The standard InChI is InChI=1S/C24H42/c1-18-9-12-23(13-10-18)24-14-11-21(17-24)16-19(2)15-20(3)22-7-5-4-6-8-22/h5,7,18-24H,4,6,8-17H2,1-3H3. The average molecular weight is 331 g/mol. The highest BCUT2D eigenvalue weighted by Gasteiger charge is 2.33. The molecule has 5 atom stereocenters. The molecule has 2 saturated carbocycles. The highest BCUT2D eigenvalue weighted by molar-refractivity contribution is 4.95. The number of allylic oxidation sites excluding steroid dienone is 2. The fourth-order valence-electron chi connectivity index (χ4n) is 6.30. The number of hydrogen-bond donors (Lipinski definition) is 0. The van der Waals surface area contributed by atoms with Crippen LogP contribution in [0.15, 0.2) is 12.2 Å². The Morgan fingerprint density at radius 1 is 0.917 bits per heavy atom. The monoisotopic (exact) mass is 330 g/mol. The predicted octanol–water partition coefficient (Wildman–Crippen LogP) is 7.64. The first-order chi connectivity index (χ1) is 11.6. The number of hydrogen-bond acceptors (Lipinski definition) is 0. The molecule has 0 saturated heterocycles. The van der Waals surface area contributed by atoms with E-state index < -0.39 is 0 Å². The van der Waals surface area contributed by atoms with Gasteiger partial charge in [0.25, 0.3) is 0 Å². The van der Waals surface area contributed by atoms with Crippen molar-refractivity contribution in [1.29, 1.82) is 0 Å². The summed E-state index contributed by atoms with van der Waals surface area (Å²) in [5.41, 5.74) is 0. The van der Waals surface area contributed by atoms with E-state index in [1.165, 1.54) is 44.9 Å². The van der Waals surface area contributed by atoms with Crippen LogP contribution >= 0.6 is 0 Å². The van der Waals surface area contributed by atoms with Crippen molar-refractivity contribution in [2.45, 2.75) is 97.8 Å². The van der Waals surface area contributed by atoms with Gasteiger partial charge in [-0.1, -0.05) is 52.2 Å². The Hall–Kier alpha value is -0.260. The van der Waals surface area contributed by atoms with Crippen LogP contribution in [0.2, 0.25) is 0 Å². The second-order valence-corrected chi connectivity index (χ2v) is 10.0. The van der Waals surface area contributed by atoms with Gasteiger partial charge < -0.3 is 0 Å². The van der Waals surface area contributed by atoms with E-state index in [0.29, 0.717) is 0 Å². The van der Waals surface area contributed by atoms with Crippen LogP contribution < -0.4 is 0 Å². The van der Waals surface area contributed by atoms with E-state index in [1.54, 1.807) is 32.1 Å². The van der Waals surface area contributed by atoms with Crippen LogP contribution in [0.5, 0.6) is 0 Å². The van der Waals surface area contributed by atoms with E-state index in [2.05, 4.69) is 32.9 Å². The van der Waals surface area contributed by atoms with Gasteiger partial charge in [-0.3, -0.25) is 0 Å². The molecule has 0 aromatic rings. The Balaban J connectivity index is 1.38. The summed E-state index contributed by atoms with van der Waals surface area (Å²) in [4.78, 5) is 0. The van der Waals surface area contributed by atoms with Crippen molar-refractivity contribution in [2.75, 3.05) is 0 Å². The fraction of sp³-hybridized carbons (Fsp3) is 0.917. The molecule has 0 aliphatic heterocycles. The summed E-state index contributed by atoms with van der Waals surface area (Å²) >= 11 is 0. The molecular formula is C24H42. The van der Waals surface area contributed by atoms with Gasteiger partial charge in [-0.25, -0.2) is 0 Å². The van der Waals surface area contributed by atoms with Crippen molar-refractivity contribution >= 4 is 0 Å². The van der Waals surface area contributed by atoms with Gasteiger partial charge in [0.05, 0.1) is 0 Å². The van der Waals surface area contributed by atoms with Gasteiger partial charge in [-0.2, -0.15) is 0 Å². The fourth-order valence-corrected chi connectivity index (χ4v) is 6.30. The largest absolute Gasteiger partial charge is 0.0882 e. The predicted molar refractivity (Wildman–Crippen MR) is 106 cm³/mol. The zero-order chi connectivity index (χ0) is 16.9. The molecule has 3 aliphatic carbocycles. The summed E-state index contributed by atoms with van der Waals surface area (Å²) in [7, 11) is 0. The van der Waals surface area contributed by atoms with Crippen LogP contribution in [-0.2, 0) is 0 Å². The summed E-state index contributed by atoms with van der Waals surface area (Å²) in [6.07, 6.45) is 22.9. The van der Waals surface area contributed by atoms with Crippen molar-refractivity contribution in [2.24, 2.45) is 41.4 Å². The molecule has 0 bridgehead atoms. The highest BCUT2D eigenvalue weighted by Crippen LogP contribution is 2.45. The van der Waals surface area contributed by atoms with E-state index in [9.17, 15) is 0 Å². The van der Waals surface area contributed by atoms with Crippen LogP contribution in [0.4, 0.5) is 0 Å². The quantitative estimate of drug-likeness (QED) is 0.439. The van der Waals surface area contributed by atoms with Gasteiger partial charge in [0, 0.05) is 0 Å². The molecule has 5 unspecified atom stereocenters. The third-order valence-electron chi connectivity index (χ3n) is 7.84. The van der Waals surface area contributed by atoms with Crippen molar-refractivity contribution in [3.8, 4) is 0 Å². The zero-order valence-electron chi connectivity index (χ0n) is 16.7. The Kier molecular flexibility index (Phi) is 6.88. The molecule has 2 fully saturated rings. The van der Waals surface area contributed by atoms with E-state index in [-0.39, 0.29) is 0 Å². The maximum atomic E-state index is 2.54. The van der Waals surface area contributed by atoms with Crippen LogP contribution in [0.25, 0.3) is 0 Å². The molecule has 0 aromatic heterocycles. The highest BCUT2D eigenvalue weighted by atomic mass is 14.4. The summed E-state index contributed by atoms with van der Waals surface area (Å²) < 4.78 is 0. The SMILES string of the molecule is CC1CCC(C2CCC(CC(C)CC(C)C3C=CCCC3)C2)CC1. The maximum Gasteiger partial charge on any atom is -0.0208 e. The smallest absolute Gasteiger partial charge is 0.0208 e. The Labute approximate surface area is 151 Å². The normalized spacial score (nSPS) is 39.7. The van der Waals surface area contributed by atoms with Crippen molar-refractivity contribution < 1.29 is 0 Å². The summed E-state index contributed by atoms with van der Waals surface area (Å²) in [6, 6.07) is 0. The van der Waals surface area contributed by atoms with Gasteiger partial charge in [-0.15, -0.1) is 0 Å². The maximum absolute atomic E-state index is 2.54. The van der Waals surface area contributed by atoms with Gasteiger partial charge in [-0.05, 0) is 99.2 Å². The molecule has 0 N–H and O–H groups in total. The lowest BCUT2D eigenvalue weighted by Crippen LogP contribution is -2.19.